The lowest BCUT2D eigenvalue weighted by Crippen LogP contribution is -2.08. The summed E-state index contributed by atoms with van der Waals surface area (Å²) in [5.74, 6) is 0.808. The highest BCUT2D eigenvalue weighted by Gasteiger charge is 2.13. The summed E-state index contributed by atoms with van der Waals surface area (Å²) in [6.07, 6.45) is 7.72. The van der Waals surface area contributed by atoms with E-state index in [1.54, 1.807) is 23.1 Å². The maximum atomic E-state index is 9.11. The maximum absolute atomic E-state index is 9.11. The van der Waals surface area contributed by atoms with E-state index in [9.17, 15) is 0 Å². The van der Waals surface area contributed by atoms with Gasteiger partial charge in [-0.3, -0.25) is 0 Å². The molecule has 3 heterocycles. The molecule has 0 N–H and O–H groups in total. The van der Waals surface area contributed by atoms with E-state index >= 15 is 0 Å². The van der Waals surface area contributed by atoms with E-state index in [-0.39, 0.29) is 0 Å². The topological polar surface area (TPSA) is 84.7 Å². The molecule has 25 heavy (non-hydrogen) atoms. The van der Waals surface area contributed by atoms with Crippen molar-refractivity contribution in [3.63, 3.8) is 0 Å². The molecule has 0 saturated carbocycles. The molecule has 4 aromatic rings. The van der Waals surface area contributed by atoms with E-state index in [4.69, 9.17) is 5.26 Å². The quantitative estimate of drug-likeness (QED) is 0.574. The van der Waals surface area contributed by atoms with Crippen LogP contribution in [0.1, 0.15) is 23.7 Å². The van der Waals surface area contributed by atoms with Gasteiger partial charge in [-0.25, -0.2) is 19.5 Å². The van der Waals surface area contributed by atoms with Gasteiger partial charge in [0.1, 0.15) is 18.5 Å². The number of imidazole rings is 1. The fraction of sp³-hybridized carbons (Fsp3) is 0.167. The van der Waals surface area contributed by atoms with E-state index in [1.807, 2.05) is 29.0 Å². The molecule has 4 rings (SSSR count). The Morgan fingerprint density at radius 3 is 2.96 bits per heavy atom. The first-order valence-corrected chi connectivity index (χ1v) is 7.98. The van der Waals surface area contributed by atoms with Crippen LogP contribution in [0.15, 0.2) is 49.3 Å². The third-order valence-corrected chi connectivity index (χ3v) is 4.15. The van der Waals surface area contributed by atoms with Gasteiger partial charge < -0.3 is 4.57 Å². The summed E-state index contributed by atoms with van der Waals surface area (Å²) in [7, 11) is 0. The Morgan fingerprint density at radius 1 is 1.20 bits per heavy atom. The number of rotatable bonds is 4. The van der Waals surface area contributed by atoms with Crippen LogP contribution in [0.25, 0.3) is 17.0 Å². The molecule has 122 valence electrons. The third-order valence-electron chi connectivity index (χ3n) is 4.15. The summed E-state index contributed by atoms with van der Waals surface area (Å²) in [4.78, 5) is 13.3. The van der Waals surface area contributed by atoms with Crippen LogP contribution >= 0.6 is 0 Å². The third kappa shape index (κ3) is 2.64. The van der Waals surface area contributed by atoms with Gasteiger partial charge >= 0.3 is 0 Å². The SMILES string of the molecule is CCc1c(Cn2ccnc2-c2cccc(C#N)c2)ncn2ncnc12. The zero-order valence-corrected chi connectivity index (χ0v) is 13.7. The van der Waals surface area contributed by atoms with E-state index in [2.05, 4.69) is 33.0 Å². The van der Waals surface area contributed by atoms with E-state index < -0.39 is 0 Å². The molecule has 1 aromatic carbocycles. The monoisotopic (exact) mass is 329 g/mol. The van der Waals surface area contributed by atoms with Gasteiger partial charge in [-0.1, -0.05) is 19.1 Å². The Balaban J connectivity index is 1.76. The second-order valence-electron chi connectivity index (χ2n) is 5.62. The number of fused-ring (bicyclic) bond motifs is 1. The Labute approximate surface area is 144 Å². The molecule has 7 nitrogen and oxygen atoms in total. The van der Waals surface area contributed by atoms with Crippen molar-refractivity contribution >= 4 is 5.65 Å². The van der Waals surface area contributed by atoms with Crippen molar-refractivity contribution in [2.45, 2.75) is 19.9 Å². The van der Waals surface area contributed by atoms with Crippen LogP contribution in [0, 0.1) is 11.3 Å². The standard InChI is InChI=1S/C18H15N7/c1-2-15-16(22-12-25-18(15)21-11-23-25)10-24-7-6-20-17(24)14-5-3-4-13(8-14)9-19/h3-8,11-12H,2,10H2,1H3. The second kappa shape index (κ2) is 6.17. The van der Waals surface area contributed by atoms with Crippen LogP contribution in [0.2, 0.25) is 0 Å². The first-order chi connectivity index (χ1) is 12.3. The molecule has 0 spiro atoms. The van der Waals surface area contributed by atoms with E-state index in [1.165, 1.54) is 6.33 Å². The first-order valence-electron chi connectivity index (χ1n) is 7.98. The predicted octanol–water partition coefficient (Wildman–Crippen LogP) is 2.47. The number of nitriles is 1. The summed E-state index contributed by atoms with van der Waals surface area (Å²) < 4.78 is 3.72. The Hall–Kier alpha value is -3.53. The summed E-state index contributed by atoms with van der Waals surface area (Å²) in [5.41, 5.74) is 4.37. The van der Waals surface area contributed by atoms with Crippen LogP contribution in [-0.4, -0.2) is 29.1 Å². The summed E-state index contributed by atoms with van der Waals surface area (Å²) in [5, 5.41) is 13.3. The molecule has 0 amide bonds. The molecule has 3 aromatic heterocycles. The van der Waals surface area contributed by atoms with Crippen molar-refractivity contribution < 1.29 is 0 Å². The highest BCUT2D eigenvalue weighted by Crippen LogP contribution is 2.21. The number of aromatic nitrogens is 6. The van der Waals surface area contributed by atoms with Crippen molar-refractivity contribution in [2.75, 3.05) is 0 Å². The van der Waals surface area contributed by atoms with Gasteiger partial charge in [-0.15, -0.1) is 0 Å². The normalized spacial score (nSPS) is 10.9. The number of benzene rings is 1. The highest BCUT2D eigenvalue weighted by molar-refractivity contribution is 5.58. The molecule has 0 atom stereocenters. The first kappa shape index (κ1) is 15.0. The molecular weight excluding hydrogens is 314 g/mol. The fourth-order valence-electron chi connectivity index (χ4n) is 2.97. The average molecular weight is 329 g/mol. The van der Waals surface area contributed by atoms with Crippen LogP contribution in [-0.2, 0) is 13.0 Å². The van der Waals surface area contributed by atoms with Crippen molar-refractivity contribution in [3.05, 3.63) is 66.1 Å². The smallest absolute Gasteiger partial charge is 0.162 e. The molecule has 0 fully saturated rings. The zero-order valence-electron chi connectivity index (χ0n) is 13.7. The Kier molecular flexibility index (Phi) is 3.71. The average Bonchev–Trinajstić information content (AvgIpc) is 3.31. The van der Waals surface area contributed by atoms with E-state index in [0.717, 1.165) is 34.7 Å². The van der Waals surface area contributed by atoms with Crippen LogP contribution in [0.4, 0.5) is 0 Å². The van der Waals surface area contributed by atoms with Gasteiger partial charge in [0.05, 0.1) is 23.9 Å². The molecule has 0 saturated heterocycles. The minimum Gasteiger partial charge on any atom is -0.325 e. The van der Waals surface area contributed by atoms with Gasteiger partial charge in [0.15, 0.2) is 5.65 Å². The number of hydrogen-bond acceptors (Lipinski definition) is 5. The maximum Gasteiger partial charge on any atom is 0.162 e. The molecule has 0 aliphatic carbocycles. The van der Waals surface area contributed by atoms with Crippen LogP contribution in [0.3, 0.4) is 0 Å². The molecule has 0 aliphatic rings. The molecule has 0 bridgehead atoms. The lowest BCUT2D eigenvalue weighted by molar-refractivity contribution is 0.754. The second-order valence-corrected chi connectivity index (χ2v) is 5.62. The van der Waals surface area contributed by atoms with Gasteiger partial charge in [-0.05, 0) is 18.6 Å². The summed E-state index contributed by atoms with van der Waals surface area (Å²) in [6.45, 7) is 2.67. The van der Waals surface area contributed by atoms with E-state index in [0.29, 0.717) is 12.1 Å². The molecule has 0 radical (unpaired) electrons. The fourth-order valence-corrected chi connectivity index (χ4v) is 2.97. The van der Waals surface area contributed by atoms with Crippen LogP contribution in [0.5, 0.6) is 0 Å². The molecular formula is C18H15N7. The van der Waals surface area contributed by atoms with Gasteiger partial charge in [0, 0.05) is 23.5 Å². The predicted molar refractivity (Wildman–Crippen MR) is 91.6 cm³/mol. The highest BCUT2D eigenvalue weighted by atomic mass is 15.3. The number of aryl methyl sites for hydroxylation is 1. The van der Waals surface area contributed by atoms with Crippen molar-refractivity contribution in [2.24, 2.45) is 0 Å². The minimum absolute atomic E-state index is 0.582. The van der Waals surface area contributed by atoms with Gasteiger partial charge in [0.25, 0.3) is 0 Å². The Morgan fingerprint density at radius 2 is 2.12 bits per heavy atom. The van der Waals surface area contributed by atoms with Crippen molar-refractivity contribution in [3.8, 4) is 17.5 Å². The largest absolute Gasteiger partial charge is 0.325 e. The number of hydrogen-bond donors (Lipinski definition) is 0. The summed E-state index contributed by atoms with van der Waals surface area (Å²) in [6, 6.07) is 9.61. The lowest BCUT2D eigenvalue weighted by atomic mass is 10.1. The molecule has 0 aliphatic heterocycles. The number of nitrogens with zero attached hydrogens (tertiary/aromatic N) is 7. The summed E-state index contributed by atoms with van der Waals surface area (Å²) >= 11 is 0. The Bertz CT molecular complexity index is 1080. The van der Waals surface area contributed by atoms with Crippen molar-refractivity contribution in [1.29, 1.82) is 5.26 Å². The minimum atomic E-state index is 0.582. The van der Waals surface area contributed by atoms with Crippen molar-refractivity contribution in [1.82, 2.24) is 29.1 Å². The molecule has 7 heteroatoms. The van der Waals surface area contributed by atoms with Crippen LogP contribution < -0.4 is 0 Å². The zero-order chi connectivity index (χ0) is 17.2. The molecule has 0 unspecified atom stereocenters. The van der Waals surface area contributed by atoms with Gasteiger partial charge in [0.2, 0.25) is 0 Å². The lowest BCUT2D eigenvalue weighted by Gasteiger charge is -2.11. The van der Waals surface area contributed by atoms with Gasteiger partial charge in [-0.2, -0.15) is 10.4 Å².